The van der Waals surface area contributed by atoms with Gasteiger partial charge in [-0.2, -0.15) is 4.98 Å². The number of hydrogen-bond donors (Lipinski definition) is 2. The number of nitrogens with one attached hydrogen (secondary N) is 2. The van der Waals surface area contributed by atoms with Crippen molar-refractivity contribution in [3.8, 4) is 0 Å². The van der Waals surface area contributed by atoms with Crippen molar-refractivity contribution in [2.24, 2.45) is 0 Å². The number of hydrogen-bond acceptors (Lipinski definition) is 5. The van der Waals surface area contributed by atoms with Gasteiger partial charge in [0.2, 0.25) is 5.95 Å². The summed E-state index contributed by atoms with van der Waals surface area (Å²) >= 11 is 0. The quantitative estimate of drug-likeness (QED) is 0.875. The Hall–Kier alpha value is -1.36. The fraction of sp³-hybridized carbons (Fsp3) is 0.714. The second kappa shape index (κ2) is 6.19. The third kappa shape index (κ3) is 3.56. The molecule has 1 aromatic heterocycles. The van der Waals surface area contributed by atoms with Crippen LogP contribution in [0.1, 0.15) is 45.7 Å². The highest BCUT2D eigenvalue weighted by atomic mass is 15.5. The number of piperidine rings is 1. The van der Waals surface area contributed by atoms with E-state index in [0.717, 1.165) is 18.1 Å². The van der Waals surface area contributed by atoms with Crippen molar-refractivity contribution in [3.05, 3.63) is 11.8 Å². The van der Waals surface area contributed by atoms with Gasteiger partial charge in [-0.25, -0.2) is 9.99 Å². The predicted octanol–water partition coefficient (Wildman–Crippen LogP) is 2.81. The van der Waals surface area contributed by atoms with E-state index in [2.05, 4.69) is 39.6 Å². The molecule has 0 bridgehead atoms. The van der Waals surface area contributed by atoms with Crippen LogP contribution in [0, 0.1) is 6.92 Å². The highest BCUT2D eigenvalue weighted by Crippen LogP contribution is 2.23. The van der Waals surface area contributed by atoms with Gasteiger partial charge in [-0.15, -0.1) is 0 Å². The first-order valence-corrected chi connectivity index (χ1v) is 7.24. The van der Waals surface area contributed by atoms with Crippen molar-refractivity contribution in [1.29, 1.82) is 0 Å². The smallest absolute Gasteiger partial charge is 0.224 e. The normalized spacial score (nSPS) is 24.2. The van der Waals surface area contributed by atoms with Crippen LogP contribution in [0.2, 0.25) is 0 Å². The lowest BCUT2D eigenvalue weighted by atomic mass is 10.00. The first-order valence-electron chi connectivity index (χ1n) is 7.24. The van der Waals surface area contributed by atoms with Crippen LogP contribution in [0.25, 0.3) is 0 Å². The van der Waals surface area contributed by atoms with Crippen LogP contribution in [0.15, 0.2) is 6.07 Å². The van der Waals surface area contributed by atoms with Crippen molar-refractivity contribution >= 4 is 11.8 Å². The maximum atomic E-state index is 4.51. The van der Waals surface area contributed by atoms with Crippen LogP contribution < -0.4 is 10.7 Å². The lowest BCUT2D eigenvalue weighted by Gasteiger charge is -2.39. The van der Waals surface area contributed by atoms with E-state index in [0.29, 0.717) is 18.0 Å². The number of aryl methyl sites for hydroxylation is 1. The zero-order chi connectivity index (χ0) is 13.8. The van der Waals surface area contributed by atoms with Crippen LogP contribution in [0.5, 0.6) is 0 Å². The Bertz CT molecular complexity index is 410. The van der Waals surface area contributed by atoms with Gasteiger partial charge in [0.05, 0.1) is 0 Å². The van der Waals surface area contributed by atoms with Gasteiger partial charge in [0.15, 0.2) is 0 Å². The Morgan fingerprint density at radius 2 is 1.95 bits per heavy atom. The average Bonchev–Trinajstić information content (AvgIpc) is 2.34. The second-order valence-corrected chi connectivity index (χ2v) is 5.40. The molecule has 2 unspecified atom stereocenters. The first kappa shape index (κ1) is 14.1. The second-order valence-electron chi connectivity index (χ2n) is 5.40. The number of anilines is 2. The molecule has 5 nitrogen and oxygen atoms in total. The third-order valence-corrected chi connectivity index (χ3v) is 3.63. The van der Waals surface area contributed by atoms with Crippen molar-refractivity contribution < 1.29 is 0 Å². The zero-order valence-electron chi connectivity index (χ0n) is 12.4. The van der Waals surface area contributed by atoms with E-state index in [9.17, 15) is 0 Å². The molecule has 1 fully saturated rings. The summed E-state index contributed by atoms with van der Waals surface area (Å²) in [6.45, 7) is 9.41. The Kier molecular flexibility index (Phi) is 4.58. The molecule has 2 atom stereocenters. The molecule has 0 aliphatic carbocycles. The molecule has 0 aromatic carbocycles. The largest absolute Gasteiger partial charge is 0.354 e. The van der Waals surface area contributed by atoms with Crippen LogP contribution in [0.3, 0.4) is 0 Å². The summed E-state index contributed by atoms with van der Waals surface area (Å²) in [5.74, 6) is 1.58. The summed E-state index contributed by atoms with van der Waals surface area (Å²) in [4.78, 5) is 8.89. The van der Waals surface area contributed by atoms with E-state index in [-0.39, 0.29) is 0 Å². The average molecular weight is 263 g/mol. The lowest BCUT2D eigenvalue weighted by Crippen LogP contribution is -2.47. The van der Waals surface area contributed by atoms with Crippen molar-refractivity contribution in [1.82, 2.24) is 15.0 Å². The molecule has 106 valence electrons. The van der Waals surface area contributed by atoms with Crippen LogP contribution in [-0.4, -0.2) is 33.6 Å². The zero-order valence-corrected chi connectivity index (χ0v) is 12.4. The summed E-state index contributed by atoms with van der Waals surface area (Å²) in [6.07, 6.45) is 3.79. The maximum Gasteiger partial charge on any atom is 0.224 e. The molecular weight excluding hydrogens is 238 g/mol. The van der Waals surface area contributed by atoms with Gasteiger partial charge < -0.3 is 10.7 Å². The van der Waals surface area contributed by atoms with E-state index in [1.54, 1.807) is 0 Å². The number of aromatic nitrogens is 2. The third-order valence-electron chi connectivity index (χ3n) is 3.63. The highest BCUT2D eigenvalue weighted by molar-refractivity contribution is 5.41. The fourth-order valence-corrected chi connectivity index (χ4v) is 2.64. The molecule has 1 aromatic rings. The standard InChI is InChI=1S/C14H25N5/c1-5-15-14-16-10(2)9-13(17-14)18-19-11(3)7-6-8-12(19)4/h9,11-12H,5-8H2,1-4H3,(H2,15,16,17,18). The number of rotatable bonds is 4. The molecule has 2 heterocycles. The minimum absolute atomic E-state index is 0.543. The molecule has 5 heteroatoms. The van der Waals surface area contributed by atoms with Crippen LogP contribution >= 0.6 is 0 Å². The fourth-order valence-electron chi connectivity index (χ4n) is 2.64. The molecule has 0 amide bonds. The van der Waals surface area contributed by atoms with Crippen LogP contribution in [0.4, 0.5) is 11.8 Å². The summed E-state index contributed by atoms with van der Waals surface area (Å²) < 4.78 is 0. The molecule has 1 saturated heterocycles. The molecule has 2 rings (SSSR count). The van der Waals surface area contributed by atoms with Gasteiger partial charge in [0, 0.05) is 30.4 Å². The molecule has 2 N–H and O–H groups in total. The van der Waals surface area contributed by atoms with E-state index < -0.39 is 0 Å². The molecule has 0 saturated carbocycles. The van der Waals surface area contributed by atoms with Gasteiger partial charge in [0.1, 0.15) is 5.82 Å². The van der Waals surface area contributed by atoms with Gasteiger partial charge in [-0.1, -0.05) is 6.42 Å². The summed E-state index contributed by atoms with van der Waals surface area (Å²) in [5.41, 5.74) is 4.44. The summed E-state index contributed by atoms with van der Waals surface area (Å²) in [6, 6.07) is 3.08. The van der Waals surface area contributed by atoms with Crippen molar-refractivity contribution in [3.63, 3.8) is 0 Å². The van der Waals surface area contributed by atoms with Gasteiger partial charge in [0.25, 0.3) is 0 Å². The Morgan fingerprint density at radius 1 is 1.26 bits per heavy atom. The Labute approximate surface area is 115 Å². The minimum Gasteiger partial charge on any atom is -0.354 e. The summed E-state index contributed by atoms with van der Waals surface area (Å²) in [5, 5.41) is 5.49. The Balaban J connectivity index is 2.13. The summed E-state index contributed by atoms with van der Waals surface area (Å²) in [7, 11) is 0. The molecule has 0 radical (unpaired) electrons. The minimum atomic E-state index is 0.543. The van der Waals surface area contributed by atoms with E-state index in [4.69, 9.17) is 0 Å². The SMILES string of the molecule is CCNc1nc(C)cc(NN2C(C)CCCC2C)n1. The highest BCUT2D eigenvalue weighted by Gasteiger charge is 2.25. The van der Waals surface area contributed by atoms with E-state index in [1.807, 2.05) is 19.9 Å². The Morgan fingerprint density at radius 3 is 2.58 bits per heavy atom. The predicted molar refractivity (Wildman–Crippen MR) is 79.2 cm³/mol. The number of hydrazine groups is 1. The maximum absolute atomic E-state index is 4.51. The van der Waals surface area contributed by atoms with Gasteiger partial charge in [-0.3, -0.25) is 0 Å². The number of nitrogens with zero attached hydrogens (tertiary/aromatic N) is 3. The van der Waals surface area contributed by atoms with Gasteiger partial charge in [-0.05, 0) is 40.5 Å². The topological polar surface area (TPSA) is 53.1 Å². The van der Waals surface area contributed by atoms with Crippen molar-refractivity contribution in [2.45, 2.75) is 59.0 Å². The lowest BCUT2D eigenvalue weighted by molar-refractivity contribution is 0.135. The van der Waals surface area contributed by atoms with E-state index in [1.165, 1.54) is 19.3 Å². The molecule has 1 aliphatic heterocycles. The molecule has 0 spiro atoms. The molecule has 1 aliphatic rings. The first-order chi connectivity index (χ1) is 9.10. The van der Waals surface area contributed by atoms with Crippen LogP contribution in [-0.2, 0) is 0 Å². The van der Waals surface area contributed by atoms with E-state index >= 15 is 0 Å². The van der Waals surface area contributed by atoms with Gasteiger partial charge >= 0.3 is 0 Å². The van der Waals surface area contributed by atoms with Crippen molar-refractivity contribution in [2.75, 3.05) is 17.3 Å². The molecule has 19 heavy (non-hydrogen) atoms. The monoisotopic (exact) mass is 263 g/mol. The molecular formula is C14H25N5.